The second-order valence-corrected chi connectivity index (χ2v) is 6.83. The second-order valence-electron chi connectivity index (χ2n) is 6.83. The summed E-state index contributed by atoms with van der Waals surface area (Å²) in [7, 11) is 0. The molecule has 28 heavy (non-hydrogen) atoms. The van der Waals surface area contributed by atoms with Gasteiger partial charge in [0, 0.05) is 12.5 Å². The zero-order valence-electron chi connectivity index (χ0n) is 15.5. The van der Waals surface area contributed by atoms with E-state index >= 15 is 0 Å². The van der Waals surface area contributed by atoms with Gasteiger partial charge in [0.25, 0.3) is 5.56 Å². The lowest BCUT2D eigenvalue weighted by molar-refractivity contribution is -0.144. The zero-order valence-corrected chi connectivity index (χ0v) is 15.5. The molecule has 0 bridgehead atoms. The number of ether oxygens (including phenoxy) is 2. The predicted octanol–water partition coefficient (Wildman–Crippen LogP) is 3.29. The number of nitrogens with zero attached hydrogens (tertiary/aromatic N) is 2. The SMILES string of the molecule is O=C(CCc1nc2ccccc2c(=O)n1C1CC1)OCCOc1ccccc1. The fraction of sp³-hybridized carbons (Fsp3) is 0.318. The Morgan fingerprint density at radius 3 is 2.57 bits per heavy atom. The molecule has 0 amide bonds. The summed E-state index contributed by atoms with van der Waals surface area (Å²) in [6.45, 7) is 0.491. The minimum atomic E-state index is -0.318. The summed E-state index contributed by atoms with van der Waals surface area (Å²) in [5.41, 5.74) is 0.650. The molecule has 0 unspecified atom stereocenters. The smallest absolute Gasteiger partial charge is 0.306 e. The van der Waals surface area contributed by atoms with Crippen LogP contribution in [0.1, 0.15) is 31.1 Å². The van der Waals surface area contributed by atoms with Gasteiger partial charge in [0.1, 0.15) is 24.8 Å². The summed E-state index contributed by atoms with van der Waals surface area (Å²) in [5, 5.41) is 0.624. The highest BCUT2D eigenvalue weighted by atomic mass is 16.6. The number of rotatable bonds is 8. The van der Waals surface area contributed by atoms with E-state index in [1.165, 1.54) is 0 Å². The van der Waals surface area contributed by atoms with Gasteiger partial charge in [-0.1, -0.05) is 30.3 Å². The van der Waals surface area contributed by atoms with E-state index in [9.17, 15) is 9.59 Å². The van der Waals surface area contributed by atoms with Crippen LogP contribution in [0.2, 0.25) is 0 Å². The number of esters is 1. The first kappa shape index (κ1) is 18.2. The van der Waals surface area contributed by atoms with Gasteiger partial charge in [-0.25, -0.2) is 4.98 Å². The monoisotopic (exact) mass is 378 g/mol. The third-order valence-electron chi connectivity index (χ3n) is 4.70. The number of aryl methyl sites for hydroxylation is 1. The van der Waals surface area contributed by atoms with Crippen molar-refractivity contribution >= 4 is 16.9 Å². The molecule has 3 aromatic rings. The zero-order chi connectivity index (χ0) is 19.3. The van der Waals surface area contributed by atoms with Crippen LogP contribution in [0, 0.1) is 0 Å². The maximum absolute atomic E-state index is 12.8. The fourth-order valence-electron chi connectivity index (χ4n) is 3.20. The van der Waals surface area contributed by atoms with Crippen molar-refractivity contribution in [2.45, 2.75) is 31.7 Å². The van der Waals surface area contributed by atoms with Crippen LogP contribution in [0.4, 0.5) is 0 Å². The van der Waals surface area contributed by atoms with Crippen LogP contribution >= 0.6 is 0 Å². The molecule has 6 heteroatoms. The van der Waals surface area contributed by atoms with Gasteiger partial charge >= 0.3 is 5.97 Å². The number of hydrogen-bond acceptors (Lipinski definition) is 5. The summed E-state index contributed by atoms with van der Waals surface area (Å²) in [6, 6.07) is 16.9. The molecule has 1 fully saturated rings. The molecule has 1 aliphatic rings. The minimum absolute atomic E-state index is 0.0206. The quantitative estimate of drug-likeness (QED) is 0.444. The van der Waals surface area contributed by atoms with Gasteiger partial charge in [-0.2, -0.15) is 0 Å². The van der Waals surface area contributed by atoms with Crippen LogP contribution < -0.4 is 10.3 Å². The molecule has 6 nitrogen and oxygen atoms in total. The average molecular weight is 378 g/mol. The molecule has 2 aromatic carbocycles. The molecule has 1 aromatic heterocycles. The molecule has 0 saturated heterocycles. The van der Waals surface area contributed by atoms with E-state index in [1.807, 2.05) is 48.5 Å². The van der Waals surface area contributed by atoms with E-state index in [2.05, 4.69) is 4.98 Å². The maximum atomic E-state index is 12.8. The minimum Gasteiger partial charge on any atom is -0.490 e. The molecule has 0 N–H and O–H groups in total. The number of benzene rings is 2. The highest BCUT2D eigenvalue weighted by Crippen LogP contribution is 2.34. The Hall–Kier alpha value is -3.15. The van der Waals surface area contributed by atoms with Gasteiger partial charge in [-0.3, -0.25) is 14.2 Å². The maximum Gasteiger partial charge on any atom is 0.306 e. The van der Waals surface area contributed by atoms with E-state index < -0.39 is 0 Å². The standard InChI is InChI=1S/C22H22N2O4/c25-21(28-15-14-27-17-6-2-1-3-7-17)13-12-20-23-19-9-5-4-8-18(19)22(26)24(20)16-10-11-16/h1-9,16H,10-15H2. The van der Waals surface area contributed by atoms with Crippen molar-refractivity contribution in [3.8, 4) is 5.75 Å². The average Bonchev–Trinajstić information content (AvgIpc) is 3.55. The molecule has 0 radical (unpaired) electrons. The van der Waals surface area contributed by atoms with Crippen molar-refractivity contribution in [1.82, 2.24) is 9.55 Å². The van der Waals surface area contributed by atoms with Crippen LogP contribution in [-0.2, 0) is 16.0 Å². The lowest BCUT2D eigenvalue weighted by Crippen LogP contribution is -2.25. The summed E-state index contributed by atoms with van der Waals surface area (Å²) < 4.78 is 12.5. The van der Waals surface area contributed by atoms with Crippen molar-refractivity contribution in [3.63, 3.8) is 0 Å². The Bertz CT molecular complexity index is 1030. The first-order valence-corrected chi connectivity index (χ1v) is 9.56. The summed E-state index contributed by atoms with van der Waals surface area (Å²) in [6.07, 6.45) is 2.53. The predicted molar refractivity (Wildman–Crippen MR) is 105 cm³/mol. The number of carbonyl (C=O) groups is 1. The Balaban J connectivity index is 1.35. The first-order valence-electron chi connectivity index (χ1n) is 9.56. The molecule has 1 heterocycles. The molecule has 0 aliphatic heterocycles. The van der Waals surface area contributed by atoms with Crippen molar-refractivity contribution in [3.05, 3.63) is 70.8 Å². The fourth-order valence-corrected chi connectivity index (χ4v) is 3.20. The molecule has 144 valence electrons. The number of hydrogen-bond donors (Lipinski definition) is 0. The Kier molecular flexibility index (Phi) is 5.37. The van der Waals surface area contributed by atoms with Gasteiger partial charge in [0.2, 0.25) is 0 Å². The van der Waals surface area contributed by atoms with E-state index in [4.69, 9.17) is 9.47 Å². The van der Waals surface area contributed by atoms with E-state index in [0.717, 1.165) is 18.6 Å². The highest BCUT2D eigenvalue weighted by Gasteiger charge is 2.28. The van der Waals surface area contributed by atoms with Gasteiger partial charge in [0.05, 0.1) is 17.3 Å². The van der Waals surface area contributed by atoms with E-state index in [0.29, 0.717) is 29.8 Å². The third kappa shape index (κ3) is 4.22. The third-order valence-corrected chi connectivity index (χ3v) is 4.70. The van der Waals surface area contributed by atoms with Crippen molar-refractivity contribution < 1.29 is 14.3 Å². The van der Waals surface area contributed by atoms with Crippen LogP contribution in [0.15, 0.2) is 59.4 Å². The Morgan fingerprint density at radius 2 is 1.79 bits per heavy atom. The molecular formula is C22H22N2O4. The van der Waals surface area contributed by atoms with Crippen LogP contribution in [0.3, 0.4) is 0 Å². The van der Waals surface area contributed by atoms with Crippen LogP contribution in [-0.4, -0.2) is 28.7 Å². The van der Waals surface area contributed by atoms with Gasteiger partial charge in [0.15, 0.2) is 0 Å². The second kappa shape index (κ2) is 8.25. The normalized spacial score (nSPS) is 13.4. The summed E-state index contributed by atoms with van der Waals surface area (Å²) >= 11 is 0. The Morgan fingerprint density at radius 1 is 1.04 bits per heavy atom. The van der Waals surface area contributed by atoms with Crippen molar-refractivity contribution in [2.75, 3.05) is 13.2 Å². The molecule has 0 spiro atoms. The van der Waals surface area contributed by atoms with Gasteiger partial charge in [-0.05, 0) is 37.1 Å². The number of para-hydroxylation sites is 2. The number of fused-ring (bicyclic) bond motifs is 1. The summed E-state index contributed by atoms with van der Waals surface area (Å²) in [4.78, 5) is 29.5. The largest absolute Gasteiger partial charge is 0.490 e. The van der Waals surface area contributed by atoms with E-state index in [1.54, 1.807) is 10.6 Å². The van der Waals surface area contributed by atoms with Gasteiger partial charge in [-0.15, -0.1) is 0 Å². The number of carbonyl (C=O) groups excluding carboxylic acids is 1. The molecular weight excluding hydrogens is 356 g/mol. The molecule has 0 atom stereocenters. The van der Waals surface area contributed by atoms with Crippen molar-refractivity contribution in [2.24, 2.45) is 0 Å². The summed E-state index contributed by atoms with van der Waals surface area (Å²) in [5.74, 6) is 1.08. The number of aromatic nitrogens is 2. The topological polar surface area (TPSA) is 70.4 Å². The Labute approximate surface area is 162 Å². The van der Waals surface area contributed by atoms with Crippen LogP contribution in [0.5, 0.6) is 5.75 Å². The molecule has 4 rings (SSSR count). The van der Waals surface area contributed by atoms with Crippen LogP contribution in [0.25, 0.3) is 10.9 Å². The molecule has 1 saturated carbocycles. The van der Waals surface area contributed by atoms with Gasteiger partial charge < -0.3 is 9.47 Å². The van der Waals surface area contributed by atoms with E-state index in [-0.39, 0.29) is 30.6 Å². The highest BCUT2D eigenvalue weighted by molar-refractivity contribution is 5.77. The van der Waals surface area contributed by atoms with Crippen molar-refractivity contribution in [1.29, 1.82) is 0 Å². The lowest BCUT2D eigenvalue weighted by atomic mass is 10.2. The molecule has 1 aliphatic carbocycles. The lowest BCUT2D eigenvalue weighted by Gasteiger charge is -2.12. The first-order chi connectivity index (χ1) is 13.7.